The van der Waals surface area contributed by atoms with Crippen LogP contribution >= 0.6 is 0 Å². The SMILES string of the molecule is c1cc(N2CCCCCC2)ncc1CNC1CCCC1C1COCCN1. The van der Waals surface area contributed by atoms with E-state index in [4.69, 9.17) is 9.72 Å². The smallest absolute Gasteiger partial charge is 0.128 e. The molecule has 4 rings (SSSR count). The molecule has 2 saturated heterocycles. The van der Waals surface area contributed by atoms with Gasteiger partial charge >= 0.3 is 0 Å². The number of morpholine rings is 1. The van der Waals surface area contributed by atoms with E-state index in [9.17, 15) is 0 Å². The van der Waals surface area contributed by atoms with Crippen LogP contribution in [0.4, 0.5) is 5.82 Å². The number of ether oxygens (including phenoxy) is 1. The summed E-state index contributed by atoms with van der Waals surface area (Å²) in [5, 5.41) is 7.46. The highest BCUT2D eigenvalue weighted by molar-refractivity contribution is 5.39. The Balaban J connectivity index is 1.29. The van der Waals surface area contributed by atoms with Crippen molar-refractivity contribution in [2.45, 2.75) is 63.6 Å². The van der Waals surface area contributed by atoms with E-state index in [0.717, 1.165) is 45.2 Å². The van der Waals surface area contributed by atoms with Crippen LogP contribution in [0.1, 0.15) is 50.5 Å². The predicted molar refractivity (Wildman–Crippen MR) is 105 cm³/mol. The van der Waals surface area contributed by atoms with E-state index in [1.807, 2.05) is 0 Å². The lowest BCUT2D eigenvalue weighted by Crippen LogP contribution is -2.50. The van der Waals surface area contributed by atoms with Crippen molar-refractivity contribution < 1.29 is 4.74 Å². The minimum atomic E-state index is 0.521. The number of nitrogens with zero attached hydrogens (tertiary/aromatic N) is 2. The Morgan fingerprint density at radius 2 is 2.00 bits per heavy atom. The first-order valence-electron chi connectivity index (χ1n) is 10.6. The number of rotatable bonds is 5. The zero-order valence-electron chi connectivity index (χ0n) is 16.0. The minimum Gasteiger partial charge on any atom is -0.379 e. The van der Waals surface area contributed by atoms with E-state index >= 15 is 0 Å². The molecule has 2 N–H and O–H groups in total. The zero-order valence-corrected chi connectivity index (χ0v) is 16.0. The van der Waals surface area contributed by atoms with Crippen LogP contribution in [0.2, 0.25) is 0 Å². The van der Waals surface area contributed by atoms with E-state index in [1.165, 1.54) is 50.5 Å². The van der Waals surface area contributed by atoms with Crippen LogP contribution in [0, 0.1) is 5.92 Å². The second-order valence-electron chi connectivity index (χ2n) is 8.14. The third-order valence-corrected chi connectivity index (χ3v) is 6.34. The number of hydrogen-bond acceptors (Lipinski definition) is 5. The second kappa shape index (κ2) is 9.16. The van der Waals surface area contributed by atoms with Crippen molar-refractivity contribution in [3.05, 3.63) is 23.9 Å². The molecule has 3 aliphatic rings. The van der Waals surface area contributed by atoms with Crippen molar-refractivity contribution in [2.75, 3.05) is 37.7 Å². The quantitative estimate of drug-likeness (QED) is 0.848. The average molecular weight is 359 g/mol. The van der Waals surface area contributed by atoms with Crippen molar-refractivity contribution >= 4 is 5.82 Å². The van der Waals surface area contributed by atoms with Gasteiger partial charge in [-0.15, -0.1) is 0 Å². The molecule has 5 heteroatoms. The van der Waals surface area contributed by atoms with E-state index in [2.05, 4.69) is 33.9 Å². The van der Waals surface area contributed by atoms with Gasteiger partial charge in [0, 0.05) is 44.5 Å². The van der Waals surface area contributed by atoms with Gasteiger partial charge in [-0.25, -0.2) is 4.98 Å². The van der Waals surface area contributed by atoms with Gasteiger partial charge in [0.1, 0.15) is 5.82 Å². The maximum atomic E-state index is 5.68. The first-order chi connectivity index (χ1) is 12.9. The van der Waals surface area contributed by atoms with Crippen molar-refractivity contribution in [1.82, 2.24) is 15.6 Å². The molecule has 0 spiro atoms. The Morgan fingerprint density at radius 1 is 1.12 bits per heavy atom. The van der Waals surface area contributed by atoms with Gasteiger partial charge in [0.05, 0.1) is 13.2 Å². The summed E-state index contributed by atoms with van der Waals surface area (Å²) < 4.78 is 5.68. The third kappa shape index (κ3) is 4.56. The topological polar surface area (TPSA) is 49.4 Å². The third-order valence-electron chi connectivity index (χ3n) is 6.34. The molecule has 5 nitrogen and oxygen atoms in total. The summed E-state index contributed by atoms with van der Waals surface area (Å²) in [7, 11) is 0. The van der Waals surface area contributed by atoms with Gasteiger partial charge in [-0.3, -0.25) is 0 Å². The van der Waals surface area contributed by atoms with Gasteiger partial charge in [-0.05, 0) is 43.2 Å². The van der Waals surface area contributed by atoms with Crippen molar-refractivity contribution in [2.24, 2.45) is 5.92 Å². The van der Waals surface area contributed by atoms with Crippen LogP contribution in [0.3, 0.4) is 0 Å². The Kier molecular flexibility index (Phi) is 6.41. The second-order valence-corrected chi connectivity index (χ2v) is 8.14. The summed E-state index contributed by atoms with van der Waals surface area (Å²) in [5.74, 6) is 1.84. The van der Waals surface area contributed by atoms with Gasteiger partial charge in [0.15, 0.2) is 0 Å². The van der Waals surface area contributed by atoms with E-state index in [-0.39, 0.29) is 0 Å². The van der Waals surface area contributed by atoms with Gasteiger partial charge in [-0.1, -0.05) is 25.3 Å². The molecular weight excluding hydrogens is 324 g/mol. The molecule has 3 fully saturated rings. The summed E-state index contributed by atoms with van der Waals surface area (Å²) >= 11 is 0. The molecule has 0 amide bonds. The van der Waals surface area contributed by atoms with Gasteiger partial charge in [-0.2, -0.15) is 0 Å². The lowest BCUT2D eigenvalue weighted by Gasteiger charge is -2.33. The van der Waals surface area contributed by atoms with E-state index < -0.39 is 0 Å². The van der Waals surface area contributed by atoms with Crippen LogP contribution in [-0.2, 0) is 11.3 Å². The molecular formula is C21H34N4O. The monoisotopic (exact) mass is 358 g/mol. The molecule has 144 valence electrons. The molecule has 0 aromatic carbocycles. The van der Waals surface area contributed by atoms with Crippen molar-refractivity contribution in [3.8, 4) is 0 Å². The normalized spacial score (nSPS) is 30.3. The number of hydrogen-bond donors (Lipinski definition) is 2. The number of aromatic nitrogens is 1. The molecule has 3 unspecified atom stereocenters. The molecule has 0 radical (unpaired) electrons. The largest absolute Gasteiger partial charge is 0.379 e. The molecule has 1 aromatic rings. The summed E-state index contributed by atoms with van der Waals surface area (Å²) in [6, 6.07) is 5.59. The number of nitrogens with one attached hydrogen (secondary N) is 2. The molecule has 1 saturated carbocycles. The molecule has 3 heterocycles. The standard InChI is InChI=1S/C21H34N4O/c1-2-4-12-25(11-3-1)21-9-8-17(15-24-21)14-23-19-7-5-6-18(19)20-16-26-13-10-22-20/h8-9,15,18-20,22-23H,1-7,10-14,16H2. The van der Waals surface area contributed by atoms with Crippen LogP contribution in [0.15, 0.2) is 18.3 Å². The fourth-order valence-corrected chi connectivity index (χ4v) is 4.84. The Bertz CT molecular complexity index is 535. The average Bonchev–Trinajstić information content (AvgIpc) is 3.00. The predicted octanol–water partition coefficient (Wildman–Crippen LogP) is 2.71. The molecule has 1 aromatic heterocycles. The first-order valence-corrected chi connectivity index (χ1v) is 10.6. The maximum absolute atomic E-state index is 5.68. The zero-order chi connectivity index (χ0) is 17.6. The van der Waals surface area contributed by atoms with Gasteiger partial charge in [0.2, 0.25) is 0 Å². The molecule has 1 aliphatic carbocycles. The van der Waals surface area contributed by atoms with Crippen LogP contribution in [-0.4, -0.2) is 49.9 Å². The fraction of sp³-hybridized carbons (Fsp3) is 0.762. The highest BCUT2D eigenvalue weighted by atomic mass is 16.5. The summed E-state index contributed by atoms with van der Waals surface area (Å²) in [6.45, 7) is 5.96. The Morgan fingerprint density at radius 3 is 2.73 bits per heavy atom. The van der Waals surface area contributed by atoms with Crippen molar-refractivity contribution in [3.63, 3.8) is 0 Å². The van der Waals surface area contributed by atoms with Gasteiger partial charge < -0.3 is 20.3 Å². The summed E-state index contributed by atoms with van der Waals surface area (Å²) in [6.07, 6.45) is 11.3. The molecule has 0 bridgehead atoms. The summed E-state index contributed by atoms with van der Waals surface area (Å²) in [4.78, 5) is 7.20. The molecule has 26 heavy (non-hydrogen) atoms. The van der Waals surface area contributed by atoms with Crippen LogP contribution < -0.4 is 15.5 Å². The van der Waals surface area contributed by atoms with Crippen LogP contribution in [0.5, 0.6) is 0 Å². The molecule has 2 aliphatic heterocycles. The highest BCUT2D eigenvalue weighted by Gasteiger charge is 2.34. The van der Waals surface area contributed by atoms with E-state index in [1.54, 1.807) is 0 Å². The maximum Gasteiger partial charge on any atom is 0.128 e. The highest BCUT2D eigenvalue weighted by Crippen LogP contribution is 2.29. The number of anilines is 1. The Labute approximate surface area is 157 Å². The lowest BCUT2D eigenvalue weighted by atomic mass is 9.94. The van der Waals surface area contributed by atoms with Gasteiger partial charge in [0.25, 0.3) is 0 Å². The minimum absolute atomic E-state index is 0.521. The fourth-order valence-electron chi connectivity index (χ4n) is 4.84. The summed E-state index contributed by atoms with van der Waals surface area (Å²) in [5.41, 5.74) is 1.29. The Hall–Kier alpha value is -1.17. The molecule has 3 atom stereocenters. The van der Waals surface area contributed by atoms with E-state index in [0.29, 0.717) is 18.0 Å². The number of pyridine rings is 1. The van der Waals surface area contributed by atoms with Crippen molar-refractivity contribution in [1.29, 1.82) is 0 Å². The van der Waals surface area contributed by atoms with Crippen LogP contribution in [0.25, 0.3) is 0 Å². The first kappa shape index (κ1) is 18.2. The lowest BCUT2D eigenvalue weighted by molar-refractivity contribution is 0.0524.